The van der Waals surface area contributed by atoms with Crippen molar-refractivity contribution >= 4 is 29.0 Å². The maximum absolute atomic E-state index is 14.3. The minimum absolute atomic E-state index is 0.160. The first kappa shape index (κ1) is 28.9. The SMILES string of the molecule is C[C@@H]1CCC[C@H](n2cnc(-c3cc(Cl)ccc3-n3cc(C(=N)N)nn3)cc2=O)c2cc(ccn2)-c2cc(F)ccc2NC1=O. The van der Waals surface area contributed by atoms with Crippen LogP contribution in [0.2, 0.25) is 5.02 Å². The minimum Gasteiger partial charge on any atom is -0.382 e. The predicted molar refractivity (Wildman–Crippen MR) is 164 cm³/mol. The quantitative estimate of drug-likeness (QED) is 0.191. The summed E-state index contributed by atoms with van der Waals surface area (Å²) in [5, 5.41) is 19.0. The third-order valence-electron chi connectivity index (χ3n) is 7.66. The summed E-state index contributed by atoms with van der Waals surface area (Å²) in [6, 6.07) is 13.8. The van der Waals surface area contributed by atoms with E-state index in [1.807, 2.05) is 13.0 Å². The smallest absolute Gasteiger partial charge is 0.254 e. The lowest BCUT2D eigenvalue weighted by atomic mass is 9.95. The Bertz CT molecular complexity index is 1970. The van der Waals surface area contributed by atoms with Gasteiger partial charge in [0.2, 0.25) is 5.91 Å². The molecular weight excluding hydrogens is 585 g/mol. The van der Waals surface area contributed by atoms with Crippen molar-refractivity contribution in [1.82, 2.24) is 29.5 Å². The maximum atomic E-state index is 14.3. The van der Waals surface area contributed by atoms with Crippen LogP contribution in [0.25, 0.3) is 28.1 Å². The van der Waals surface area contributed by atoms with Gasteiger partial charge in [0.25, 0.3) is 5.56 Å². The highest BCUT2D eigenvalue weighted by atomic mass is 35.5. The van der Waals surface area contributed by atoms with Crippen molar-refractivity contribution in [3.63, 3.8) is 0 Å². The van der Waals surface area contributed by atoms with E-state index in [1.54, 1.807) is 36.5 Å². The number of benzene rings is 2. The second-order valence-corrected chi connectivity index (χ2v) is 11.1. The van der Waals surface area contributed by atoms with Crippen LogP contribution in [-0.4, -0.2) is 41.3 Å². The van der Waals surface area contributed by atoms with Crippen molar-refractivity contribution in [2.45, 2.75) is 32.2 Å². The number of nitrogen functional groups attached to an aromatic ring is 1. The Hall–Kier alpha value is -5.23. The molecule has 222 valence electrons. The summed E-state index contributed by atoms with van der Waals surface area (Å²) >= 11 is 6.32. The molecule has 1 aliphatic heterocycles. The summed E-state index contributed by atoms with van der Waals surface area (Å²) in [5.41, 5.74) is 9.13. The molecule has 4 heterocycles. The van der Waals surface area contributed by atoms with Gasteiger partial charge in [0.15, 0.2) is 0 Å². The number of hydrogen-bond acceptors (Lipinski definition) is 7. The molecule has 1 amide bonds. The molecule has 13 heteroatoms. The Morgan fingerprint density at radius 2 is 1.91 bits per heavy atom. The standard InChI is InChI=1S/C31H27ClFN9O2/c1-17-3-2-4-28(25-11-18(9-10-36-25)21-13-20(33)6-7-23(21)38-31(17)44)41-16-37-24(14-29(41)43)22-12-19(32)5-8-27(22)42-15-26(30(34)35)39-40-42/h5-17,28H,2-4H2,1H3,(H3,34,35)(H,38,44)/t17-,28+/m1/s1. The zero-order valence-electron chi connectivity index (χ0n) is 23.5. The fraction of sp³-hybridized carbons (Fsp3) is 0.194. The maximum Gasteiger partial charge on any atom is 0.254 e. The number of fused-ring (bicyclic) bond motifs is 4. The molecule has 6 rings (SSSR count). The van der Waals surface area contributed by atoms with E-state index in [9.17, 15) is 14.0 Å². The molecular formula is C31H27ClFN9O2. The number of nitrogens with zero attached hydrogens (tertiary/aromatic N) is 6. The number of aromatic nitrogens is 6. The first-order valence-electron chi connectivity index (χ1n) is 13.9. The van der Waals surface area contributed by atoms with Crippen molar-refractivity contribution in [1.29, 1.82) is 5.41 Å². The molecule has 2 bridgehead atoms. The van der Waals surface area contributed by atoms with Crippen LogP contribution in [0.5, 0.6) is 0 Å². The molecule has 1 aliphatic rings. The van der Waals surface area contributed by atoms with Crippen LogP contribution >= 0.6 is 11.6 Å². The molecule has 2 aromatic carbocycles. The monoisotopic (exact) mass is 611 g/mol. The zero-order chi connectivity index (χ0) is 31.0. The van der Waals surface area contributed by atoms with Crippen LogP contribution in [0.3, 0.4) is 0 Å². The van der Waals surface area contributed by atoms with E-state index >= 15 is 0 Å². The third-order valence-corrected chi connectivity index (χ3v) is 7.89. The number of carbonyl (C=O) groups is 1. The Morgan fingerprint density at radius 3 is 2.68 bits per heavy atom. The third kappa shape index (κ3) is 5.71. The summed E-state index contributed by atoms with van der Waals surface area (Å²) < 4.78 is 17.3. The predicted octanol–water partition coefficient (Wildman–Crippen LogP) is 4.98. The highest BCUT2D eigenvalue weighted by Gasteiger charge is 2.23. The molecule has 0 unspecified atom stereocenters. The highest BCUT2D eigenvalue weighted by Crippen LogP contribution is 2.34. The van der Waals surface area contributed by atoms with Gasteiger partial charge in [-0.3, -0.25) is 24.5 Å². The summed E-state index contributed by atoms with van der Waals surface area (Å²) in [7, 11) is 0. The van der Waals surface area contributed by atoms with Crippen molar-refractivity contribution < 1.29 is 9.18 Å². The van der Waals surface area contributed by atoms with E-state index in [0.717, 1.165) is 0 Å². The lowest BCUT2D eigenvalue weighted by molar-refractivity contribution is -0.119. The second kappa shape index (κ2) is 11.8. The van der Waals surface area contributed by atoms with Crippen LogP contribution in [0.1, 0.15) is 43.6 Å². The number of nitrogens with one attached hydrogen (secondary N) is 2. The van der Waals surface area contributed by atoms with Gasteiger partial charge < -0.3 is 11.1 Å². The lowest BCUT2D eigenvalue weighted by Crippen LogP contribution is -2.27. The van der Waals surface area contributed by atoms with Crippen LogP contribution in [0, 0.1) is 17.1 Å². The van der Waals surface area contributed by atoms with E-state index in [4.69, 9.17) is 22.7 Å². The second-order valence-electron chi connectivity index (χ2n) is 10.6. The number of rotatable bonds is 4. The molecule has 0 saturated carbocycles. The lowest BCUT2D eigenvalue weighted by Gasteiger charge is -2.23. The molecule has 3 aromatic heterocycles. The average Bonchev–Trinajstić information content (AvgIpc) is 3.51. The van der Waals surface area contributed by atoms with Crippen molar-refractivity contribution in [2.75, 3.05) is 5.32 Å². The molecule has 0 spiro atoms. The van der Waals surface area contributed by atoms with Gasteiger partial charge in [-0.1, -0.05) is 30.2 Å². The molecule has 5 aromatic rings. The molecule has 11 nitrogen and oxygen atoms in total. The average molecular weight is 612 g/mol. The number of hydrogen-bond donors (Lipinski definition) is 3. The molecule has 0 radical (unpaired) electrons. The molecule has 2 atom stereocenters. The van der Waals surface area contributed by atoms with Crippen LogP contribution in [0.4, 0.5) is 10.1 Å². The zero-order valence-corrected chi connectivity index (χ0v) is 24.3. The van der Waals surface area contributed by atoms with Crippen molar-refractivity contribution in [3.8, 4) is 28.1 Å². The van der Waals surface area contributed by atoms with E-state index in [-0.39, 0.29) is 28.9 Å². The first-order chi connectivity index (χ1) is 21.2. The first-order valence-corrected chi connectivity index (χ1v) is 14.3. The van der Waals surface area contributed by atoms with Crippen molar-refractivity contribution in [3.05, 3.63) is 106 Å². The Balaban J connectivity index is 1.43. The number of amides is 1. The van der Waals surface area contributed by atoms with E-state index in [2.05, 4.69) is 25.6 Å². The van der Waals surface area contributed by atoms with Gasteiger partial charge in [-0.05, 0) is 66.9 Å². The van der Waals surface area contributed by atoms with Gasteiger partial charge in [-0.15, -0.1) is 5.10 Å². The Labute approximate surface area is 256 Å². The van der Waals surface area contributed by atoms with Gasteiger partial charge in [0, 0.05) is 40.0 Å². The number of pyridine rings is 1. The number of halogens is 2. The van der Waals surface area contributed by atoms with E-state index in [1.165, 1.54) is 40.0 Å². The summed E-state index contributed by atoms with van der Waals surface area (Å²) in [5.74, 6) is -1.13. The largest absolute Gasteiger partial charge is 0.382 e. The van der Waals surface area contributed by atoms with E-state index in [0.29, 0.717) is 63.7 Å². The summed E-state index contributed by atoms with van der Waals surface area (Å²) in [4.78, 5) is 35.9. The van der Waals surface area contributed by atoms with Gasteiger partial charge in [-0.25, -0.2) is 14.1 Å². The van der Waals surface area contributed by atoms with Crippen molar-refractivity contribution in [2.24, 2.45) is 11.7 Å². The fourth-order valence-electron chi connectivity index (χ4n) is 5.31. The highest BCUT2D eigenvalue weighted by molar-refractivity contribution is 6.31. The van der Waals surface area contributed by atoms with Crippen LogP contribution < -0.4 is 16.6 Å². The molecule has 0 aliphatic carbocycles. The molecule has 0 saturated heterocycles. The normalized spacial score (nSPS) is 16.8. The summed E-state index contributed by atoms with van der Waals surface area (Å²) in [6.45, 7) is 1.84. The minimum atomic E-state index is -0.497. The fourth-order valence-corrected chi connectivity index (χ4v) is 5.48. The van der Waals surface area contributed by atoms with Gasteiger partial charge in [-0.2, -0.15) is 0 Å². The number of nitrogens with two attached hydrogens (primary N) is 1. The topological polar surface area (TPSA) is 157 Å². The van der Waals surface area contributed by atoms with Gasteiger partial charge >= 0.3 is 0 Å². The van der Waals surface area contributed by atoms with E-state index < -0.39 is 11.9 Å². The van der Waals surface area contributed by atoms with Gasteiger partial charge in [0.1, 0.15) is 17.3 Å². The molecule has 4 N–H and O–H groups in total. The number of amidine groups is 1. The molecule has 0 fully saturated rings. The summed E-state index contributed by atoms with van der Waals surface area (Å²) in [6.07, 6.45) is 6.31. The molecule has 44 heavy (non-hydrogen) atoms. The Morgan fingerprint density at radius 1 is 1.07 bits per heavy atom. The number of anilines is 1. The Kier molecular flexibility index (Phi) is 7.75. The van der Waals surface area contributed by atoms with Gasteiger partial charge in [0.05, 0.1) is 35.6 Å². The number of carbonyl (C=O) groups excluding carboxylic acids is 1. The van der Waals surface area contributed by atoms with Crippen LogP contribution in [0.15, 0.2) is 78.1 Å². The van der Waals surface area contributed by atoms with Crippen LogP contribution in [-0.2, 0) is 4.79 Å².